The Morgan fingerprint density at radius 2 is 2.00 bits per heavy atom. The zero-order chi connectivity index (χ0) is 11.1. The molecule has 1 N–H and O–H groups in total. The van der Waals surface area contributed by atoms with E-state index in [4.69, 9.17) is 0 Å². The van der Waals surface area contributed by atoms with Gasteiger partial charge in [-0.25, -0.2) is 0 Å². The predicted octanol–water partition coefficient (Wildman–Crippen LogP) is 2.25. The number of hydrogen-bond donors (Lipinski definition) is 1. The minimum Gasteiger partial charge on any atom is -0.310 e. The van der Waals surface area contributed by atoms with Gasteiger partial charge in [0.1, 0.15) is 0 Å². The minimum atomic E-state index is 0.729. The van der Waals surface area contributed by atoms with Gasteiger partial charge in [0.05, 0.1) is 0 Å². The van der Waals surface area contributed by atoms with Crippen molar-refractivity contribution in [1.29, 1.82) is 0 Å². The number of hydrogen-bond acceptors (Lipinski definition) is 2. The first kappa shape index (κ1) is 11.0. The molecule has 2 bridgehead atoms. The molecule has 4 atom stereocenters. The van der Waals surface area contributed by atoms with E-state index in [2.05, 4.69) is 24.1 Å². The zero-order valence-corrected chi connectivity index (χ0v) is 10.8. The number of nitrogens with zero attached hydrogens (tertiary/aromatic N) is 1. The lowest BCUT2D eigenvalue weighted by Crippen LogP contribution is -2.43. The van der Waals surface area contributed by atoms with Crippen molar-refractivity contribution in [3.8, 4) is 0 Å². The summed E-state index contributed by atoms with van der Waals surface area (Å²) in [4.78, 5) is 2.62. The van der Waals surface area contributed by atoms with E-state index in [0.29, 0.717) is 0 Å². The SMILES string of the molecule is CC(C)N1CCC(NC2CC3CCC2C3)C1. The first-order valence-corrected chi connectivity index (χ1v) is 7.22. The molecule has 16 heavy (non-hydrogen) atoms. The summed E-state index contributed by atoms with van der Waals surface area (Å²) in [6.07, 6.45) is 7.39. The van der Waals surface area contributed by atoms with E-state index in [0.717, 1.165) is 30.0 Å². The van der Waals surface area contributed by atoms with E-state index in [1.54, 1.807) is 0 Å². The third-order valence-corrected chi connectivity index (χ3v) is 5.14. The van der Waals surface area contributed by atoms with Crippen LogP contribution in [-0.4, -0.2) is 36.1 Å². The molecular weight excluding hydrogens is 196 g/mol. The molecule has 0 amide bonds. The molecule has 3 rings (SSSR count). The van der Waals surface area contributed by atoms with Gasteiger partial charge >= 0.3 is 0 Å². The van der Waals surface area contributed by atoms with Gasteiger partial charge in [-0.1, -0.05) is 6.42 Å². The summed E-state index contributed by atoms with van der Waals surface area (Å²) in [5.74, 6) is 2.10. The summed E-state index contributed by atoms with van der Waals surface area (Å²) < 4.78 is 0. The fraction of sp³-hybridized carbons (Fsp3) is 1.00. The van der Waals surface area contributed by atoms with Crippen LogP contribution in [0.25, 0.3) is 0 Å². The molecule has 0 aromatic rings. The van der Waals surface area contributed by atoms with Gasteiger partial charge in [0.25, 0.3) is 0 Å². The predicted molar refractivity (Wildman–Crippen MR) is 67.5 cm³/mol. The van der Waals surface area contributed by atoms with E-state index in [9.17, 15) is 0 Å². The molecule has 1 aliphatic heterocycles. The summed E-state index contributed by atoms with van der Waals surface area (Å²) in [5.41, 5.74) is 0. The Labute approximate surface area is 99.8 Å². The van der Waals surface area contributed by atoms with Crippen LogP contribution in [0.4, 0.5) is 0 Å². The van der Waals surface area contributed by atoms with Crippen molar-refractivity contribution < 1.29 is 0 Å². The third kappa shape index (κ3) is 2.02. The number of nitrogens with one attached hydrogen (secondary N) is 1. The van der Waals surface area contributed by atoms with Gasteiger partial charge in [0, 0.05) is 24.7 Å². The molecule has 3 aliphatic rings. The molecule has 1 saturated heterocycles. The Hall–Kier alpha value is -0.0800. The smallest absolute Gasteiger partial charge is 0.0210 e. The van der Waals surface area contributed by atoms with E-state index in [1.165, 1.54) is 45.2 Å². The largest absolute Gasteiger partial charge is 0.310 e. The highest BCUT2D eigenvalue weighted by Gasteiger charge is 2.40. The van der Waals surface area contributed by atoms with Crippen molar-refractivity contribution >= 4 is 0 Å². The lowest BCUT2D eigenvalue weighted by molar-refractivity contribution is 0.257. The number of fused-ring (bicyclic) bond motifs is 2. The highest BCUT2D eigenvalue weighted by Crippen LogP contribution is 2.44. The maximum absolute atomic E-state index is 3.95. The van der Waals surface area contributed by atoms with Gasteiger partial charge in [-0.05, 0) is 57.9 Å². The molecule has 0 radical (unpaired) electrons. The van der Waals surface area contributed by atoms with E-state index in [-0.39, 0.29) is 0 Å². The molecule has 3 fully saturated rings. The van der Waals surface area contributed by atoms with Crippen molar-refractivity contribution in [1.82, 2.24) is 10.2 Å². The quantitative estimate of drug-likeness (QED) is 0.788. The minimum absolute atomic E-state index is 0.729. The topological polar surface area (TPSA) is 15.3 Å². The summed E-state index contributed by atoms with van der Waals surface area (Å²) >= 11 is 0. The summed E-state index contributed by atoms with van der Waals surface area (Å²) in [6, 6.07) is 2.38. The fourth-order valence-electron chi connectivity index (χ4n) is 4.14. The number of rotatable bonds is 3. The molecule has 0 aromatic heterocycles. The van der Waals surface area contributed by atoms with Crippen LogP contribution in [-0.2, 0) is 0 Å². The second kappa shape index (κ2) is 4.30. The average molecular weight is 222 g/mol. The lowest BCUT2D eigenvalue weighted by atomic mass is 9.94. The molecule has 92 valence electrons. The van der Waals surface area contributed by atoms with Crippen molar-refractivity contribution in [2.24, 2.45) is 11.8 Å². The van der Waals surface area contributed by atoms with E-state index >= 15 is 0 Å². The van der Waals surface area contributed by atoms with Crippen LogP contribution >= 0.6 is 0 Å². The van der Waals surface area contributed by atoms with Crippen molar-refractivity contribution in [2.75, 3.05) is 13.1 Å². The Balaban J connectivity index is 1.49. The van der Waals surface area contributed by atoms with Crippen molar-refractivity contribution in [3.05, 3.63) is 0 Å². The van der Waals surface area contributed by atoms with Crippen molar-refractivity contribution in [2.45, 2.75) is 64.1 Å². The molecule has 1 heterocycles. The van der Waals surface area contributed by atoms with Gasteiger partial charge in [0.15, 0.2) is 0 Å². The van der Waals surface area contributed by atoms with Crippen LogP contribution in [0, 0.1) is 11.8 Å². The molecule has 4 unspecified atom stereocenters. The van der Waals surface area contributed by atoms with E-state index in [1.807, 2.05) is 0 Å². The first-order valence-electron chi connectivity index (χ1n) is 7.22. The highest BCUT2D eigenvalue weighted by molar-refractivity contribution is 4.96. The van der Waals surface area contributed by atoms with Crippen LogP contribution in [0.1, 0.15) is 46.0 Å². The molecule has 0 aromatic carbocycles. The Morgan fingerprint density at radius 1 is 1.12 bits per heavy atom. The summed E-state index contributed by atoms with van der Waals surface area (Å²) in [5, 5.41) is 3.95. The molecule has 0 spiro atoms. The van der Waals surface area contributed by atoms with Gasteiger partial charge in [0.2, 0.25) is 0 Å². The van der Waals surface area contributed by atoms with Crippen LogP contribution in [0.2, 0.25) is 0 Å². The highest BCUT2D eigenvalue weighted by atomic mass is 15.2. The fourth-order valence-corrected chi connectivity index (χ4v) is 4.14. The Kier molecular flexibility index (Phi) is 2.97. The van der Waals surface area contributed by atoms with Crippen LogP contribution in [0.15, 0.2) is 0 Å². The second-order valence-corrected chi connectivity index (χ2v) is 6.52. The lowest BCUT2D eigenvalue weighted by Gasteiger charge is -2.27. The molecule has 2 aliphatic carbocycles. The summed E-state index contributed by atoms with van der Waals surface area (Å²) in [6.45, 7) is 7.22. The van der Waals surface area contributed by atoms with Crippen molar-refractivity contribution in [3.63, 3.8) is 0 Å². The molecule has 2 saturated carbocycles. The van der Waals surface area contributed by atoms with Gasteiger partial charge in [-0.15, -0.1) is 0 Å². The maximum atomic E-state index is 3.95. The standard InChI is InChI=1S/C14H26N2/c1-10(2)16-6-5-13(9-16)15-14-8-11-3-4-12(14)7-11/h10-15H,3-9H2,1-2H3. The van der Waals surface area contributed by atoms with E-state index < -0.39 is 0 Å². The maximum Gasteiger partial charge on any atom is 0.0210 e. The Bertz CT molecular complexity index is 251. The molecular formula is C14H26N2. The monoisotopic (exact) mass is 222 g/mol. The first-order chi connectivity index (χ1) is 7.72. The molecule has 2 heteroatoms. The summed E-state index contributed by atoms with van der Waals surface area (Å²) in [7, 11) is 0. The second-order valence-electron chi connectivity index (χ2n) is 6.52. The van der Waals surface area contributed by atoms with Crippen LogP contribution < -0.4 is 5.32 Å². The van der Waals surface area contributed by atoms with Crippen LogP contribution in [0.5, 0.6) is 0 Å². The molecule has 2 nitrogen and oxygen atoms in total. The average Bonchev–Trinajstić information content (AvgIpc) is 2.91. The number of likely N-dealkylation sites (tertiary alicyclic amines) is 1. The third-order valence-electron chi connectivity index (χ3n) is 5.14. The normalized spacial score (nSPS) is 43.7. The van der Waals surface area contributed by atoms with Gasteiger partial charge in [-0.2, -0.15) is 0 Å². The van der Waals surface area contributed by atoms with Gasteiger partial charge in [-0.3, -0.25) is 4.90 Å². The Morgan fingerprint density at radius 3 is 2.56 bits per heavy atom. The van der Waals surface area contributed by atoms with Gasteiger partial charge < -0.3 is 5.32 Å². The zero-order valence-electron chi connectivity index (χ0n) is 10.8. The van der Waals surface area contributed by atoms with Crippen LogP contribution in [0.3, 0.4) is 0 Å².